The Hall–Kier alpha value is -3.12. The van der Waals surface area contributed by atoms with Gasteiger partial charge in [-0.15, -0.1) is 0 Å². The van der Waals surface area contributed by atoms with Gasteiger partial charge in [-0.25, -0.2) is 9.18 Å². The number of nitrogens with zero attached hydrogens (tertiary/aromatic N) is 1. The van der Waals surface area contributed by atoms with E-state index in [-0.39, 0.29) is 23.6 Å². The van der Waals surface area contributed by atoms with Crippen molar-refractivity contribution in [1.82, 2.24) is 4.57 Å². The fourth-order valence-electron chi connectivity index (χ4n) is 3.47. The summed E-state index contributed by atoms with van der Waals surface area (Å²) in [7, 11) is 0. The average Bonchev–Trinajstić information content (AvgIpc) is 3.00. The largest absolute Gasteiger partial charge is 0.478 e. The average molecular weight is 385 g/mol. The summed E-state index contributed by atoms with van der Waals surface area (Å²) in [5, 5.41) is 12.7. The lowest BCUT2D eigenvalue weighted by atomic mass is 9.88. The molecule has 3 aromatic rings. The van der Waals surface area contributed by atoms with Gasteiger partial charge in [0.25, 0.3) is 0 Å². The number of aromatic carboxylic acids is 1. The van der Waals surface area contributed by atoms with Crippen molar-refractivity contribution in [3.8, 4) is 5.69 Å². The number of carboxylic acid groups (broad SMARTS) is 1. The summed E-state index contributed by atoms with van der Waals surface area (Å²) in [6.45, 7) is 0. The Morgan fingerprint density at radius 3 is 2.70 bits per heavy atom. The highest BCUT2D eigenvalue weighted by Gasteiger charge is 2.34. The molecule has 7 heteroatoms. The van der Waals surface area contributed by atoms with Crippen molar-refractivity contribution in [3.63, 3.8) is 0 Å². The Balaban J connectivity index is 1.99. The zero-order chi connectivity index (χ0) is 19.1. The van der Waals surface area contributed by atoms with Crippen molar-refractivity contribution in [3.05, 3.63) is 82.4 Å². The molecule has 2 heterocycles. The Morgan fingerprint density at radius 2 is 2.00 bits per heavy atom. The van der Waals surface area contributed by atoms with Crippen LogP contribution in [0.1, 0.15) is 34.0 Å². The summed E-state index contributed by atoms with van der Waals surface area (Å²) < 4.78 is 15.5. The van der Waals surface area contributed by atoms with Crippen LogP contribution in [0, 0.1) is 5.82 Å². The third-order valence-corrected chi connectivity index (χ3v) is 4.83. The molecule has 1 aliphatic heterocycles. The summed E-state index contributed by atoms with van der Waals surface area (Å²) >= 11 is 6.10. The summed E-state index contributed by atoms with van der Waals surface area (Å²) in [5.41, 5.74) is 2.04. The molecule has 0 radical (unpaired) electrons. The number of benzene rings is 2. The number of hydrogen-bond donors (Lipinski definition) is 2. The second-order valence-electron chi connectivity index (χ2n) is 6.32. The van der Waals surface area contributed by atoms with Gasteiger partial charge in [0.15, 0.2) is 0 Å². The van der Waals surface area contributed by atoms with Crippen molar-refractivity contribution >= 4 is 29.2 Å². The maximum Gasteiger partial charge on any atom is 0.339 e. The van der Waals surface area contributed by atoms with E-state index >= 15 is 0 Å². The normalized spacial score (nSPS) is 15.9. The first kappa shape index (κ1) is 17.3. The van der Waals surface area contributed by atoms with Crippen LogP contribution in [0.15, 0.2) is 54.7 Å². The second kappa shape index (κ2) is 6.55. The third-order valence-electron chi connectivity index (χ3n) is 4.60. The molecule has 4 rings (SSSR count). The lowest BCUT2D eigenvalue weighted by Crippen LogP contribution is -2.25. The fourth-order valence-corrected chi connectivity index (χ4v) is 3.65. The van der Waals surface area contributed by atoms with Crippen LogP contribution in [0.2, 0.25) is 5.02 Å². The zero-order valence-electron chi connectivity index (χ0n) is 13.9. The SMILES string of the molecule is O=C1C[C@H](c2cccc(F)c2)c2c(c(C(=O)O)cn2-c2cccc(Cl)c2)N1. The fraction of sp³-hybridized carbons (Fsp3) is 0.100. The van der Waals surface area contributed by atoms with Crippen LogP contribution in [0.3, 0.4) is 0 Å². The molecule has 1 atom stereocenters. The van der Waals surface area contributed by atoms with E-state index < -0.39 is 17.7 Å². The van der Waals surface area contributed by atoms with Crippen molar-refractivity contribution in [2.45, 2.75) is 12.3 Å². The lowest BCUT2D eigenvalue weighted by Gasteiger charge is -2.26. The molecule has 1 aliphatic rings. The third kappa shape index (κ3) is 3.08. The van der Waals surface area contributed by atoms with Crippen LogP contribution in [-0.2, 0) is 4.79 Å². The number of carbonyl (C=O) groups excluding carboxylic acids is 1. The molecule has 2 N–H and O–H groups in total. The van der Waals surface area contributed by atoms with E-state index in [0.717, 1.165) is 0 Å². The summed E-state index contributed by atoms with van der Waals surface area (Å²) in [6, 6.07) is 12.9. The van der Waals surface area contributed by atoms with Crippen LogP contribution in [0.5, 0.6) is 0 Å². The number of anilines is 1. The first-order valence-electron chi connectivity index (χ1n) is 8.24. The maximum atomic E-state index is 13.8. The molecule has 0 spiro atoms. The molecule has 2 aromatic carbocycles. The Morgan fingerprint density at radius 1 is 1.22 bits per heavy atom. The first-order chi connectivity index (χ1) is 12.9. The molecule has 136 valence electrons. The highest BCUT2D eigenvalue weighted by atomic mass is 35.5. The first-order valence-corrected chi connectivity index (χ1v) is 8.61. The number of carboxylic acids is 1. The Bertz CT molecular complexity index is 1080. The number of halogens is 2. The predicted molar refractivity (Wildman–Crippen MR) is 99.2 cm³/mol. The van der Waals surface area contributed by atoms with Crippen LogP contribution >= 0.6 is 11.6 Å². The molecule has 0 unspecified atom stereocenters. The molecule has 1 aromatic heterocycles. The monoisotopic (exact) mass is 384 g/mol. The van der Waals surface area contributed by atoms with Gasteiger partial charge in [-0.2, -0.15) is 0 Å². The highest BCUT2D eigenvalue weighted by Crippen LogP contribution is 2.41. The van der Waals surface area contributed by atoms with Crippen LogP contribution in [-0.4, -0.2) is 21.6 Å². The quantitative estimate of drug-likeness (QED) is 0.701. The maximum absolute atomic E-state index is 13.8. The van der Waals surface area contributed by atoms with Crippen molar-refractivity contribution in [2.24, 2.45) is 0 Å². The molecule has 5 nitrogen and oxygen atoms in total. The molecule has 0 saturated heterocycles. The van der Waals surface area contributed by atoms with Gasteiger partial charge in [-0.05, 0) is 35.9 Å². The second-order valence-corrected chi connectivity index (χ2v) is 6.75. The minimum Gasteiger partial charge on any atom is -0.478 e. The van der Waals surface area contributed by atoms with Gasteiger partial charge in [0.1, 0.15) is 11.4 Å². The number of fused-ring (bicyclic) bond motifs is 1. The van der Waals surface area contributed by atoms with Crippen LogP contribution < -0.4 is 5.32 Å². The molecule has 0 aliphatic carbocycles. The zero-order valence-corrected chi connectivity index (χ0v) is 14.7. The molecule has 0 bridgehead atoms. The molecule has 0 saturated carbocycles. The minimum atomic E-state index is -1.16. The van der Waals surface area contributed by atoms with Gasteiger partial charge < -0.3 is 15.0 Å². The molecule has 1 amide bonds. The number of rotatable bonds is 3. The van der Waals surface area contributed by atoms with E-state index in [4.69, 9.17) is 11.6 Å². The van der Waals surface area contributed by atoms with E-state index in [2.05, 4.69) is 5.32 Å². The van der Waals surface area contributed by atoms with Gasteiger partial charge in [-0.1, -0.05) is 29.8 Å². The van der Waals surface area contributed by atoms with Gasteiger partial charge in [0, 0.05) is 29.2 Å². The number of hydrogen-bond acceptors (Lipinski definition) is 2. The topological polar surface area (TPSA) is 71.3 Å². The number of aromatic nitrogens is 1. The number of nitrogens with one attached hydrogen (secondary N) is 1. The molecular formula is C20H14ClFN2O3. The Labute approximate surface area is 159 Å². The smallest absolute Gasteiger partial charge is 0.339 e. The number of carbonyl (C=O) groups is 2. The predicted octanol–water partition coefficient (Wildman–Crippen LogP) is 4.44. The van der Waals surface area contributed by atoms with E-state index in [0.29, 0.717) is 22.0 Å². The Kier molecular flexibility index (Phi) is 4.20. The van der Waals surface area contributed by atoms with Gasteiger partial charge >= 0.3 is 5.97 Å². The van der Waals surface area contributed by atoms with E-state index in [1.54, 1.807) is 41.0 Å². The molecule has 0 fully saturated rings. The minimum absolute atomic E-state index is 0.0283. The summed E-state index contributed by atoms with van der Waals surface area (Å²) in [6.07, 6.45) is 1.54. The highest BCUT2D eigenvalue weighted by molar-refractivity contribution is 6.30. The van der Waals surface area contributed by atoms with Crippen molar-refractivity contribution in [2.75, 3.05) is 5.32 Å². The van der Waals surface area contributed by atoms with Crippen LogP contribution in [0.4, 0.5) is 10.1 Å². The van der Waals surface area contributed by atoms with E-state index in [1.165, 1.54) is 18.3 Å². The van der Waals surface area contributed by atoms with E-state index in [9.17, 15) is 19.1 Å². The van der Waals surface area contributed by atoms with Crippen LogP contribution in [0.25, 0.3) is 5.69 Å². The summed E-state index contributed by atoms with van der Waals surface area (Å²) in [5.74, 6) is -2.38. The van der Waals surface area contributed by atoms with Gasteiger partial charge in [0.2, 0.25) is 5.91 Å². The summed E-state index contributed by atoms with van der Waals surface area (Å²) in [4.78, 5) is 24.0. The molecular weight excluding hydrogens is 371 g/mol. The van der Waals surface area contributed by atoms with Gasteiger partial charge in [0.05, 0.1) is 11.4 Å². The standard InChI is InChI=1S/C20H14ClFN2O3/c21-12-4-2-6-14(8-12)24-10-16(20(26)27)18-19(24)15(9-17(25)23-18)11-3-1-5-13(22)7-11/h1-8,10,15H,9H2,(H,23,25)(H,26,27)/t15-/m1/s1. The van der Waals surface area contributed by atoms with Gasteiger partial charge in [-0.3, -0.25) is 4.79 Å². The van der Waals surface area contributed by atoms with Crippen molar-refractivity contribution < 1.29 is 19.1 Å². The number of amides is 1. The lowest BCUT2D eigenvalue weighted by molar-refractivity contribution is -0.116. The van der Waals surface area contributed by atoms with E-state index in [1.807, 2.05) is 0 Å². The molecule has 27 heavy (non-hydrogen) atoms. The van der Waals surface area contributed by atoms with Crippen molar-refractivity contribution in [1.29, 1.82) is 0 Å².